The minimum absolute atomic E-state index is 0.488. The van der Waals surface area contributed by atoms with Gasteiger partial charge in [0.05, 0.1) is 0 Å². The summed E-state index contributed by atoms with van der Waals surface area (Å²) in [4.78, 5) is 0. The van der Waals surface area contributed by atoms with Crippen molar-refractivity contribution in [3.63, 3.8) is 0 Å². The van der Waals surface area contributed by atoms with Gasteiger partial charge in [0.25, 0.3) is 0 Å². The first-order chi connectivity index (χ1) is 8.64. The highest BCUT2D eigenvalue weighted by molar-refractivity contribution is 5.14. The molecule has 3 unspecified atom stereocenters. The van der Waals surface area contributed by atoms with E-state index >= 15 is 0 Å². The van der Waals surface area contributed by atoms with Gasteiger partial charge in [0, 0.05) is 0 Å². The highest BCUT2D eigenvalue weighted by Gasteiger charge is 2.66. The summed E-state index contributed by atoms with van der Waals surface area (Å²) in [5, 5.41) is 0. The second-order valence-electron chi connectivity index (χ2n) is 8.72. The van der Waals surface area contributed by atoms with Crippen LogP contribution in [0.25, 0.3) is 0 Å². The first-order valence-electron chi connectivity index (χ1n) is 8.64. The molecule has 19 heavy (non-hydrogen) atoms. The maximum absolute atomic E-state index is 2.59. The molecule has 0 N–H and O–H groups in total. The molecule has 0 aliphatic heterocycles. The molecule has 0 spiro atoms. The van der Waals surface area contributed by atoms with Crippen molar-refractivity contribution in [3.05, 3.63) is 0 Å². The standard InChI is InChI=1S/C19H38/c1-9-11-13-18(7)14-19(18,8)16(15(3)4)17(5,6)12-10-2/h15-16H,9-14H2,1-8H3. The van der Waals surface area contributed by atoms with Crippen LogP contribution in [0.2, 0.25) is 0 Å². The topological polar surface area (TPSA) is 0 Å². The SMILES string of the molecule is CCCCC1(C)CC1(C)C(C(C)C)C(C)(C)CCC. The number of rotatable bonds is 8. The van der Waals surface area contributed by atoms with Gasteiger partial charge in [-0.25, -0.2) is 0 Å². The summed E-state index contributed by atoms with van der Waals surface area (Å²) in [5.41, 5.74) is 1.68. The van der Waals surface area contributed by atoms with Crippen LogP contribution in [0.3, 0.4) is 0 Å². The monoisotopic (exact) mass is 266 g/mol. The second kappa shape index (κ2) is 5.78. The van der Waals surface area contributed by atoms with Crippen LogP contribution in [0.4, 0.5) is 0 Å². The molecular weight excluding hydrogens is 228 g/mol. The van der Waals surface area contributed by atoms with Crippen molar-refractivity contribution in [2.75, 3.05) is 0 Å². The molecular formula is C19H38. The van der Waals surface area contributed by atoms with Gasteiger partial charge in [-0.1, -0.05) is 74.7 Å². The largest absolute Gasteiger partial charge is 0.0654 e. The molecule has 1 aliphatic carbocycles. The van der Waals surface area contributed by atoms with Crippen LogP contribution in [-0.4, -0.2) is 0 Å². The maximum atomic E-state index is 2.59. The van der Waals surface area contributed by atoms with E-state index in [9.17, 15) is 0 Å². The Morgan fingerprint density at radius 3 is 2.05 bits per heavy atom. The summed E-state index contributed by atoms with van der Waals surface area (Å²) < 4.78 is 0. The molecule has 3 atom stereocenters. The predicted octanol–water partition coefficient (Wildman–Crippen LogP) is 6.69. The van der Waals surface area contributed by atoms with Gasteiger partial charge in [0.2, 0.25) is 0 Å². The van der Waals surface area contributed by atoms with Crippen LogP contribution in [0.15, 0.2) is 0 Å². The first-order valence-corrected chi connectivity index (χ1v) is 8.64. The Morgan fingerprint density at radius 2 is 1.63 bits per heavy atom. The van der Waals surface area contributed by atoms with E-state index in [-0.39, 0.29) is 0 Å². The number of hydrogen-bond donors (Lipinski definition) is 0. The van der Waals surface area contributed by atoms with Gasteiger partial charge >= 0.3 is 0 Å². The summed E-state index contributed by atoms with van der Waals surface area (Å²) >= 11 is 0. The van der Waals surface area contributed by atoms with Crippen LogP contribution in [0, 0.1) is 28.1 Å². The van der Waals surface area contributed by atoms with Gasteiger partial charge in [0.15, 0.2) is 0 Å². The van der Waals surface area contributed by atoms with Crippen molar-refractivity contribution in [3.8, 4) is 0 Å². The average Bonchev–Trinajstić information content (AvgIpc) is 2.77. The van der Waals surface area contributed by atoms with Crippen molar-refractivity contribution in [2.24, 2.45) is 28.1 Å². The van der Waals surface area contributed by atoms with E-state index in [1.54, 1.807) is 0 Å². The van der Waals surface area contributed by atoms with Crippen LogP contribution >= 0.6 is 0 Å². The van der Waals surface area contributed by atoms with Crippen molar-refractivity contribution < 1.29 is 0 Å². The fourth-order valence-electron chi connectivity index (χ4n) is 5.49. The Balaban J connectivity index is 2.90. The first kappa shape index (κ1) is 17.1. The molecule has 0 bridgehead atoms. The summed E-state index contributed by atoms with van der Waals surface area (Å²) in [6.45, 7) is 19.7. The van der Waals surface area contributed by atoms with Crippen LogP contribution in [0.5, 0.6) is 0 Å². The van der Waals surface area contributed by atoms with E-state index in [0.717, 1.165) is 11.8 Å². The summed E-state index contributed by atoms with van der Waals surface area (Å²) in [7, 11) is 0. The highest BCUT2D eigenvalue weighted by Crippen LogP contribution is 2.73. The molecule has 0 aromatic heterocycles. The lowest BCUT2D eigenvalue weighted by Crippen LogP contribution is -2.37. The minimum Gasteiger partial charge on any atom is -0.0654 e. The summed E-state index contributed by atoms with van der Waals surface area (Å²) in [6.07, 6.45) is 8.33. The summed E-state index contributed by atoms with van der Waals surface area (Å²) in [6, 6.07) is 0. The smallest absolute Gasteiger partial charge is 0.0231 e. The predicted molar refractivity (Wildman–Crippen MR) is 87.4 cm³/mol. The van der Waals surface area contributed by atoms with Crippen LogP contribution < -0.4 is 0 Å². The third kappa shape index (κ3) is 3.19. The number of hydrogen-bond acceptors (Lipinski definition) is 0. The van der Waals surface area contributed by atoms with Gasteiger partial charge in [0.1, 0.15) is 0 Å². The third-order valence-corrected chi connectivity index (χ3v) is 6.18. The van der Waals surface area contributed by atoms with E-state index in [2.05, 4.69) is 55.4 Å². The molecule has 114 valence electrons. The molecule has 1 aliphatic rings. The molecule has 0 aromatic carbocycles. The highest BCUT2D eigenvalue weighted by atomic mass is 14.7. The molecule has 1 rings (SSSR count). The zero-order valence-electron chi connectivity index (χ0n) is 14.9. The molecule has 0 heteroatoms. The Hall–Kier alpha value is 0. The van der Waals surface area contributed by atoms with Gasteiger partial charge in [-0.2, -0.15) is 0 Å². The molecule has 0 nitrogen and oxygen atoms in total. The van der Waals surface area contributed by atoms with Crippen molar-refractivity contribution >= 4 is 0 Å². The maximum Gasteiger partial charge on any atom is -0.0231 e. The molecule has 0 radical (unpaired) electrons. The van der Waals surface area contributed by atoms with Crippen molar-refractivity contribution in [1.29, 1.82) is 0 Å². The summed E-state index contributed by atoms with van der Waals surface area (Å²) in [5.74, 6) is 1.66. The molecule has 0 aromatic rings. The lowest BCUT2D eigenvalue weighted by Gasteiger charge is -2.44. The Bertz CT molecular complexity index is 288. The van der Waals surface area contributed by atoms with Crippen LogP contribution in [-0.2, 0) is 0 Å². The lowest BCUT2D eigenvalue weighted by atomic mass is 9.61. The van der Waals surface area contributed by atoms with Gasteiger partial charge in [-0.15, -0.1) is 0 Å². The third-order valence-electron chi connectivity index (χ3n) is 6.18. The zero-order valence-corrected chi connectivity index (χ0v) is 14.9. The van der Waals surface area contributed by atoms with E-state index in [1.807, 2.05) is 0 Å². The number of unbranched alkanes of at least 4 members (excludes halogenated alkanes) is 1. The molecule has 0 saturated heterocycles. The lowest BCUT2D eigenvalue weighted by molar-refractivity contribution is 0.0492. The second-order valence-corrected chi connectivity index (χ2v) is 8.72. The van der Waals surface area contributed by atoms with E-state index in [1.165, 1.54) is 38.5 Å². The Morgan fingerprint density at radius 1 is 1.05 bits per heavy atom. The van der Waals surface area contributed by atoms with Gasteiger partial charge in [-0.3, -0.25) is 0 Å². The molecule has 1 saturated carbocycles. The van der Waals surface area contributed by atoms with E-state index in [4.69, 9.17) is 0 Å². The fraction of sp³-hybridized carbons (Fsp3) is 1.00. The van der Waals surface area contributed by atoms with Gasteiger partial charge in [-0.05, 0) is 47.3 Å². The molecule has 0 amide bonds. The molecule has 1 fully saturated rings. The normalized spacial score (nSPS) is 32.7. The van der Waals surface area contributed by atoms with Crippen molar-refractivity contribution in [1.82, 2.24) is 0 Å². The Labute approximate surface area is 122 Å². The minimum atomic E-state index is 0.488. The Kier molecular flexibility index (Phi) is 5.19. The zero-order chi connectivity index (χ0) is 14.9. The van der Waals surface area contributed by atoms with Gasteiger partial charge < -0.3 is 0 Å². The van der Waals surface area contributed by atoms with Crippen molar-refractivity contribution in [2.45, 2.75) is 93.9 Å². The average molecular weight is 267 g/mol. The fourth-order valence-corrected chi connectivity index (χ4v) is 5.49. The quantitative estimate of drug-likeness (QED) is 0.459. The van der Waals surface area contributed by atoms with Crippen LogP contribution in [0.1, 0.15) is 93.9 Å². The van der Waals surface area contributed by atoms with E-state index < -0.39 is 0 Å². The van der Waals surface area contributed by atoms with E-state index in [0.29, 0.717) is 16.2 Å². The molecule has 0 heterocycles.